The van der Waals surface area contributed by atoms with Gasteiger partial charge in [0.25, 0.3) is 5.91 Å². The number of hydrogen-bond acceptors (Lipinski definition) is 3. The van der Waals surface area contributed by atoms with Crippen molar-refractivity contribution in [3.63, 3.8) is 0 Å². The number of benzene rings is 1. The van der Waals surface area contributed by atoms with Gasteiger partial charge in [-0.05, 0) is 55.0 Å². The smallest absolute Gasteiger partial charge is 0.251 e. The summed E-state index contributed by atoms with van der Waals surface area (Å²) in [6.07, 6.45) is 1.23. The number of carbonyl (C=O) groups excluding carboxylic acids is 1. The Kier molecular flexibility index (Phi) is 4.93. The van der Waals surface area contributed by atoms with Gasteiger partial charge in [0.1, 0.15) is 0 Å². The summed E-state index contributed by atoms with van der Waals surface area (Å²) >= 11 is 1.98. The molecule has 0 radical (unpaired) electrons. The third kappa shape index (κ3) is 3.67. The summed E-state index contributed by atoms with van der Waals surface area (Å²) < 4.78 is 0. The minimum absolute atomic E-state index is 0.0370. The Balaban J connectivity index is 1.83. The molecule has 1 aliphatic rings. The molecule has 1 atom stereocenters. The first-order valence-corrected chi connectivity index (χ1v) is 7.65. The van der Waals surface area contributed by atoms with Gasteiger partial charge in [0, 0.05) is 24.3 Å². The van der Waals surface area contributed by atoms with Crippen LogP contribution >= 0.6 is 11.8 Å². The predicted molar refractivity (Wildman–Crippen MR) is 78.4 cm³/mol. The molecule has 0 spiro atoms. The lowest BCUT2D eigenvalue weighted by atomic mass is 10.1. The summed E-state index contributed by atoms with van der Waals surface area (Å²) in [7, 11) is 0. The van der Waals surface area contributed by atoms with Crippen LogP contribution in [0.3, 0.4) is 0 Å². The monoisotopic (exact) mass is 264 g/mol. The van der Waals surface area contributed by atoms with Crippen LogP contribution in [0, 0.1) is 5.92 Å². The number of anilines is 1. The van der Waals surface area contributed by atoms with E-state index < -0.39 is 0 Å². The van der Waals surface area contributed by atoms with Gasteiger partial charge in [-0.15, -0.1) is 0 Å². The molecule has 1 amide bonds. The molecule has 0 bridgehead atoms. The van der Waals surface area contributed by atoms with Gasteiger partial charge in [-0.25, -0.2) is 0 Å². The van der Waals surface area contributed by atoms with Gasteiger partial charge in [-0.3, -0.25) is 4.79 Å². The predicted octanol–water partition coefficient (Wildman–Crippen LogP) is 2.60. The highest BCUT2D eigenvalue weighted by molar-refractivity contribution is 7.99. The van der Waals surface area contributed by atoms with Crippen molar-refractivity contribution in [2.24, 2.45) is 5.92 Å². The summed E-state index contributed by atoms with van der Waals surface area (Å²) in [6.45, 7) is 3.76. The van der Waals surface area contributed by atoms with Gasteiger partial charge >= 0.3 is 0 Å². The Morgan fingerprint density at radius 3 is 2.78 bits per heavy atom. The van der Waals surface area contributed by atoms with Gasteiger partial charge in [-0.1, -0.05) is 0 Å². The van der Waals surface area contributed by atoms with Gasteiger partial charge in [0.05, 0.1) is 0 Å². The molecule has 0 saturated carbocycles. The Bertz CT molecular complexity index is 385. The van der Waals surface area contributed by atoms with Crippen LogP contribution in [0.25, 0.3) is 0 Å². The van der Waals surface area contributed by atoms with Crippen LogP contribution in [0.2, 0.25) is 0 Å². The van der Waals surface area contributed by atoms with Crippen LogP contribution in [0.1, 0.15) is 23.7 Å². The van der Waals surface area contributed by atoms with E-state index in [0.29, 0.717) is 5.92 Å². The molecule has 98 valence electrons. The van der Waals surface area contributed by atoms with Gasteiger partial charge in [0.15, 0.2) is 0 Å². The van der Waals surface area contributed by atoms with Gasteiger partial charge in [-0.2, -0.15) is 11.8 Å². The number of carbonyl (C=O) groups is 1. The Hall–Kier alpha value is -1.16. The Labute approximate surface area is 113 Å². The highest BCUT2D eigenvalue weighted by Crippen LogP contribution is 2.22. The molecule has 0 aromatic heterocycles. The van der Waals surface area contributed by atoms with Crippen molar-refractivity contribution in [3.05, 3.63) is 29.8 Å². The van der Waals surface area contributed by atoms with E-state index in [2.05, 4.69) is 17.6 Å². The first-order chi connectivity index (χ1) is 8.79. The molecule has 3 nitrogen and oxygen atoms in total. The van der Waals surface area contributed by atoms with Crippen LogP contribution in [0.5, 0.6) is 0 Å². The van der Waals surface area contributed by atoms with E-state index in [4.69, 9.17) is 0 Å². The Morgan fingerprint density at radius 2 is 2.17 bits per heavy atom. The molecule has 2 N–H and O–H groups in total. The van der Waals surface area contributed by atoms with Crippen LogP contribution in [-0.2, 0) is 0 Å². The van der Waals surface area contributed by atoms with Crippen molar-refractivity contribution in [1.82, 2.24) is 5.32 Å². The van der Waals surface area contributed by atoms with Gasteiger partial charge < -0.3 is 10.6 Å². The largest absolute Gasteiger partial charge is 0.385 e. The van der Waals surface area contributed by atoms with E-state index in [9.17, 15) is 4.79 Å². The van der Waals surface area contributed by atoms with Crippen LogP contribution < -0.4 is 10.6 Å². The minimum atomic E-state index is 0.0370. The standard InChI is InChI=1S/C14H20N2OS/c1-2-15-13-5-3-12(4-6-13)14(17)16-9-11-7-8-18-10-11/h3-6,11,15H,2,7-10H2,1H3,(H,16,17). The SMILES string of the molecule is CCNc1ccc(C(=O)NCC2CCSC2)cc1. The number of rotatable bonds is 5. The van der Waals surface area contributed by atoms with Crippen LogP contribution in [0.15, 0.2) is 24.3 Å². The molecule has 1 unspecified atom stereocenters. The molecule has 2 rings (SSSR count). The molecule has 1 aromatic carbocycles. The number of hydrogen-bond donors (Lipinski definition) is 2. The fourth-order valence-corrected chi connectivity index (χ4v) is 3.31. The molecule has 0 aliphatic carbocycles. The molecule has 4 heteroatoms. The summed E-state index contributed by atoms with van der Waals surface area (Å²) in [6, 6.07) is 7.64. The fourth-order valence-electron chi connectivity index (χ4n) is 2.03. The summed E-state index contributed by atoms with van der Waals surface area (Å²) in [4.78, 5) is 11.9. The molecule has 1 aromatic rings. The highest BCUT2D eigenvalue weighted by Gasteiger charge is 2.16. The Morgan fingerprint density at radius 1 is 1.39 bits per heavy atom. The van der Waals surface area contributed by atoms with E-state index in [-0.39, 0.29) is 5.91 Å². The first kappa shape index (κ1) is 13.3. The second-order valence-corrected chi connectivity index (χ2v) is 5.70. The summed E-state index contributed by atoms with van der Waals surface area (Å²) in [5, 5.41) is 6.24. The molecular formula is C14H20N2OS. The number of amides is 1. The molecular weight excluding hydrogens is 244 g/mol. The number of nitrogens with one attached hydrogen (secondary N) is 2. The zero-order valence-corrected chi connectivity index (χ0v) is 11.6. The lowest BCUT2D eigenvalue weighted by molar-refractivity contribution is 0.0948. The van der Waals surface area contributed by atoms with E-state index in [1.165, 1.54) is 17.9 Å². The van der Waals surface area contributed by atoms with E-state index in [1.807, 2.05) is 36.0 Å². The molecule has 1 fully saturated rings. The zero-order valence-electron chi connectivity index (χ0n) is 10.7. The van der Waals surface area contributed by atoms with E-state index in [0.717, 1.165) is 24.3 Å². The number of thioether (sulfide) groups is 1. The van der Waals surface area contributed by atoms with Crippen LogP contribution in [-0.4, -0.2) is 30.5 Å². The topological polar surface area (TPSA) is 41.1 Å². The van der Waals surface area contributed by atoms with Crippen molar-refractivity contribution >= 4 is 23.4 Å². The lowest BCUT2D eigenvalue weighted by Gasteiger charge is -2.10. The van der Waals surface area contributed by atoms with Crippen molar-refractivity contribution < 1.29 is 4.79 Å². The quantitative estimate of drug-likeness (QED) is 0.859. The zero-order chi connectivity index (χ0) is 12.8. The van der Waals surface area contributed by atoms with Gasteiger partial charge in [0.2, 0.25) is 0 Å². The van der Waals surface area contributed by atoms with Crippen molar-refractivity contribution in [1.29, 1.82) is 0 Å². The van der Waals surface area contributed by atoms with Crippen molar-refractivity contribution in [2.75, 3.05) is 29.9 Å². The highest BCUT2D eigenvalue weighted by atomic mass is 32.2. The summed E-state index contributed by atoms with van der Waals surface area (Å²) in [5.41, 5.74) is 1.79. The average molecular weight is 264 g/mol. The molecule has 1 aliphatic heterocycles. The third-order valence-electron chi connectivity index (χ3n) is 3.10. The molecule has 1 heterocycles. The van der Waals surface area contributed by atoms with Crippen molar-refractivity contribution in [3.8, 4) is 0 Å². The molecule has 18 heavy (non-hydrogen) atoms. The lowest BCUT2D eigenvalue weighted by Crippen LogP contribution is -2.29. The second-order valence-electron chi connectivity index (χ2n) is 4.55. The minimum Gasteiger partial charge on any atom is -0.385 e. The van der Waals surface area contributed by atoms with E-state index in [1.54, 1.807) is 0 Å². The average Bonchev–Trinajstić information content (AvgIpc) is 2.90. The normalized spacial score (nSPS) is 18.6. The summed E-state index contributed by atoms with van der Waals surface area (Å²) in [5.74, 6) is 3.10. The van der Waals surface area contributed by atoms with Crippen LogP contribution in [0.4, 0.5) is 5.69 Å². The maximum Gasteiger partial charge on any atom is 0.251 e. The maximum atomic E-state index is 11.9. The van der Waals surface area contributed by atoms with E-state index >= 15 is 0 Å². The third-order valence-corrected chi connectivity index (χ3v) is 4.33. The fraction of sp³-hybridized carbons (Fsp3) is 0.500. The molecule has 1 saturated heterocycles. The maximum absolute atomic E-state index is 11.9. The second kappa shape index (κ2) is 6.69. The first-order valence-electron chi connectivity index (χ1n) is 6.49. The van der Waals surface area contributed by atoms with Crippen molar-refractivity contribution in [2.45, 2.75) is 13.3 Å².